The molecule has 1 aliphatic heterocycles. The van der Waals surface area contributed by atoms with E-state index in [2.05, 4.69) is 12.2 Å². The van der Waals surface area contributed by atoms with E-state index >= 15 is 0 Å². The first-order valence-electron chi connectivity index (χ1n) is 7.16. The van der Waals surface area contributed by atoms with Gasteiger partial charge in [0.15, 0.2) is 0 Å². The van der Waals surface area contributed by atoms with Crippen LogP contribution in [-0.2, 0) is 11.0 Å². The number of carbonyl (C=O) groups excluding carboxylic acids is 1. The molecule has 1 heterocycles. The normalized spacial score (nSPS) is 16.7. The molecule has 1 aromatic rings. The highest BCUT2D eigenvalue weighted by Gasteiger charge is 2.34. The molecule has 0 saturated carbocycles. The van der Waals surface area contributed by atoms with Crippen molar-refractivity contribution in [3.8, 4) is 0 Å². The Morgan fingerprint density at radius 3 is 2.59 bits per heavy atom. The molecule has 1 saturated heterocycles. The minimum atomic E-state index is -4.52. The number of nitrogens with one attached hydrogen (secondary N) is 1. The Hall–Kier alpha value is -1.43. The van der Waals surface area contributed by atoms with Gasteiger partial charge in [-0.15, -0.1) is 0 Å². The molecule has 0 unspecified atom stereocenters. The molecule has 7 heteroatoms. The van der Waals surface area contributed by atoms with Crippen LogP contribution in [-0.4, -0.2) is 30.4 Å². The molecule has 22 heavy (non-hydrogen) atoms. The number of piperidine rings is 1. The van der Waals surface area contributed by atoms with Crippen molar-refractivity contribution >= 4 is 23.2 Å². The fraction of sp³-hybridized carbons (Fsp3) is 0.533. The average molecular weight is 335 g/mol. The number of rotatable bonds is 3. The van der Waals surface area contributed by atoms with Gasteiger partial charge in [-0.25, -0.2) is 0 Å². The van der Waals surface area contributed by atoms with E-state index < -0.39 is 11.7 Å². The lowest BCUT2D eigenvalue weighted by Crippen LogP contribution is -2.41. The summed E-state index contributed by atoms with van der Waals surface area (Å²) in [5.41, 5.74) is -0.990. The second-order valence-corrected chi connectivity index (χ2v) is 6.04. The quantitative estimate of drug-likeness (QED) is 0.905. The number of halogens is 4. The third-order valence-corrected chi connectivity index (χ3v) is 4.09. The van der Waals surface area contributed by atoms with Crippen LogP contribution in [0.3, 0.4) is 0 Å². The van der Waals surface area contributed by atoms with Crippen molar-refractivity contribution < 1.29 is 18.0 Å². The molecule has 0 bridgehead atoms. The zero-order valence-corrected chi connectivity index (χ0v) is 13.0. The van der Waals surface area contributed by atoms with Crippen molar-refractivity contribution in [2.24, 2.45) is 5.92 Å². The van der Waals surface area contributed by atoms with E-state index in [-0.39, 0.29) is 23.2 Å². The van der Waals surface area contributed by atoms with Crippen molar-refractivity contribution in [1.29, 1.82) is 0 Å². The van der Waals surface area contributed by atoms with Crippen LogP contribution in [0.5, 0.6) is 0 Å². The highest BCUT2D eigenvalue weighted by molar-refractivity contribution is 6.30. The zero-order valence-electron chi connectivity index (χ0n) is 12.2. The molecular weight excluding hydrogens is 317 g/mol. The first kappa shape index (κ1) is 16.9. The van der Waals surface area contributed by atoms with Gasteiger partial charge in [-0.3, -0.25) is 4.79 Å². The second-order valence-electron chi connectivity index (χ2n) is 5.60. The van der Waals surface area contributed by atoms with Gasteiger partial charge in [0, 0.05) is 23.8 Å². The molecule has 1 fully saturated rings. The van der Waals surface area contributed by atoms with E-state index in [1.807, 2.05) is 0 Å². The monoisotopic (exact) mass is 334 g/mol. The molecule has 0 aromatic heterocycles. The fourth-order valence-electron chi connectivity index (χ4n) is 2.45. The molecule has 1 aliphatic rings. The van der Waals surface area contributed by atoms with E-state index in [0.717, 1.165) is 18.9 Å². The number of benzene rings is 1. The third kappa shape index (κ3) is 4.29. The molecule has 122 valence electrons. The number of likely N-dealkylation sites (tertiary alicyclic amines) is 1. The number of anilines is 1. The van der Waals surface area contributed by atoms with Crippen LogP contribution < -0.4 is 5.32 Å². The summed E-state index contributed by atoms with van der Waals surface area (Å²) in [6, 6.07) is 3.47. The molecule has 0 aliphatic carbocycles. The van der Waals surface area contributed by atoms with Crippen LogP contribution >= 0.6 is 11.6 Å². The van der Waals surface area contributed by atoms with Crippen molar-refractivity contribution in [1.82, 2.24) is 4.90 Å². The zero-order chi connectivity index (χ0) is 16.3. The summed E-state index contributed by atoms with van der Waals surface area (Å²) >= 11 is 5.62. The number of hydrogen-bond donors (Lipinski definition) is 1. The second kappa shape index (κ2) is 6.77. The lowest BCUT2D eigenvalue weighted by molar-refractivity contribution is -0.137. The van der Waals surface area contributed by atoms with Gasteiger partial charge in [0.25, 0.3) is 0 Å². The number of carbonyl (C=O) groups is 1. The predicted octanol–water partition coefficient (Wildman–Crippen LogP) is 4.03. The lowest BCUT2D eigenvalue weighted by atomic mass is 9.99. The van der Waals surface area contributed by atoms with Gasteiger partial charge in [0.1, 0.15) is 0 Å². The van der Waals surface area contributed by atoms with E-state index in [1.54, 1.807) is 4.90 Å². The highest BCUT2D eigenvalue weighted by atomic mass is 35.5. The largest absolute Gasteiger partial charge is 0.418 e. The maximum Gasteiger partial charge on any atom is 0.418 e. The molecule has 0 atom stereocenters. The first-order chi connectivity index (χ1) is 10.3. The van der Waals surface area contributed by atoms with Crippen LogP contribution in [0.1, 0.15) is 25.3 Å². The van der Waals surface area contributed by atoms with Gasteiger partial charge in [-0.05, 0) is 37.0 Å². The Balaban J connectivity index is 2.01. The Labute approximate surface area is 132 Å². The Morgan fingerprint density at radius 2 is 2.00 bits per heavy atom. The van der Waals surface area contributed by atoms with Gasteiger partial charge >= 0.3 is 6.18 Å². The Kier molecular flexibility index (Phi) is 5.21. The molecule has 3 nitrogen and oxygen atoms in total. The smallest absolute Gasteiger partial charge is 0.376 e. The number of nitrogens with zero attached hydrogens (tertiary/aromatic N) is 1. The highest BCUT2D eigenvalue weighted by Crippen LogP contribution is 2.36. The lowest BCUT2D eigenvalue weighted by Gasteiger charge is -2.30. The summed E-state index contributed by atoms with van der Waals surface area (Å²) in [4.78, 5) is 13.8. The van der Waals surface area contributed by atoms with Crippen molar-refractivity contribution in [2.75, 3.05) is 25.0 Å². The minimum absolute atomic E-state index is 0.00854. The van der Waals surface area contributed by atoms with Crippen molar-refractivity contribution in [3.63, 3.8) is 0 Å². The van der Waals surface area contributed by atoms with Crippen LogP contribution in [0.4, 0.5) is 18.9 Å². The molecule has 0 spiro atoms. The standard InChI is InChI=1S/C15H18ClF3N2O/c1-10-4-6-21(7-5-10)14(22)9-20-13-3-2-11(16)8-12(13)15(17,18)19/h2-3,8,10,20H,4-7,9H2,1H3. The summed E-state index contributed by atoms with van der Waals surface area (Å²) < 4.78 is 38.9. The van der Waals surface area contributed by atoms with E-state index in [1.165, 1.54) is 12.1 Å². The van der Waals surface area contributed by atoms with Gasteiger partial charge in [-0.2, -0.15) is 13.2 Å². The number of hydrogen-bond acceptors (Lipinski definition) is 2. The summed E-state index contributed by atoms with van der Waals surface area (Å²) in [7, 11) is 0. The Morgan fingerprint density at radius 1 is 1.36 bits per heavy atom. The van der Waals surface area contributed by atoms with E-state index in [0.29, 0.717) is 19.0 Å². The van der Waals surface area contributed by atoms with Crippen molar-refractivity contribution in [3.05, 3.63) is 28.8 Å². The van der Waals surface area contributed by atoms with Crippen LogP contribution in [0.15, 0.2) is 18.2 Å². The van der Waals surface area contributed by atoms with Gasteiger partial charge in [0.2, 0.25) is 5.91 Å². The summed E-state index contributed by atoms with van der Waals surface area (Å²) in [5, 5.41) is 2.59. The topological polar surface area (TPSA) is 32.3 Å². The van der Waals surface area contributed by atoms with E-state index in [4.69, 9.17) is 11.6 Å². The number of alkyl halides is 3. The Bertz CT molecular complexity index is 540. The molecule has 1 amide bonds. The van der Waals surface area contributed by atoms with Crippen molar-refractivity contribution in [2.45, 2.75) is 25.9 Å². The maximum atomic E-state index is 13.0. The molecule has 1 aromatic carbocycles. The maximum absolute atomic E-state index is 13.0. The van der Waals surface area contributed by atoms with Crippen LogP contribution in [0.25, 0.3) is 0 Å². The molecular formula is C15H18ClF3N2O. The molecule has 0 radical (unpaired) electrons. The van der Waals surface area contributed by atoms with E-state index in [9.17, 15) is 18.0 Å². The molecule has 2 rings (SSSR count). The van der Waals surface area contributed by atoms with Crippen LogP contribution in [0, 0.1) is 5.92 Å². The third-order valence-electron chi connectivity index (χ3n) is 3.85. The summed E-state index contributed by atoms with van der Waals surface area (Å²) in [6.07, 6.45) is -2.65. The minimum Gasteiger partial charge on any atom is -0.376 e. The number of amides is 1. The van der Waals surface area contributed by atoms with Gasteiger partial charge in [0.05, 0.1) is 12.1 Å². The summed E-state index contributed by atoms with van der Waals surface area (Å²) in [6.45, 7) is 3.30. The SMILES string of the molecule is CC1CCN(C(=O)CNc2ccc(Cl)cc2C(F)(F)F)CC1. The fourth-order valence-corrected chi connectivity index (χ4v) is 2.62. The predicted molar refractivity (Wildman–Crippen MR) is 79.9 cm³/mol. The van der Waals surface area contributed by atoms with Gasteiger partial charge in [-0.1, -0.05) is 18.5 Å². The molecule has 1 N–H and O–H groups in total. The van der Waals surface area contributed by atoms with Crippen LogP contribution in [0.2, 0.25) is 5.02 Å². The first-order valence-corrected chi connectivity index (χ1v) is 7.53. The average Bonchev–Trinajstić information content (AvgIpc) is 2.45. The van der Waals surface area contributed by atoms with Gasteiger partial charge < -0.3 is 10.2 Å². The summed E-state index contributed by atoms with van der Waals surface area (Å²) in [5.74, 6) is 0.403.